The van der Waals surface area contributed by atoms with E-state index in [1.54, 1.807) is 13.8 Å². The molecule has 0 aromatic heterocycles. The van der Waals surface area contributed by atoms with Crippen LogP contribution in [0.5, 0.6) is 0 Å². The van der Waals surface area contributed by atoms with Crippen molar-refractivity contribution in [2.24, 2.45) is 0 Å². The number of hydrogen-bond acceptors (Lipinski definition) is 0. The van der Waals surface area contributed by atoms with Crippen LogP contribution in [0, 0.1) is 0 Å². The van der Waals surface area contributed by atoms with Gasteiger partial charge in [-0.25, -0.2) is 0 Å². The van der Waals surface area contributed by atoms with Gasteiger partial charge in [-0.2, -0.15) is 0 Å². The van der Waals surface area contributed by atoms with Crippen molar-refractivity contribution in [1.29, 1.82) is 0 Å². The van der Waals surface area contributed by atoms with Gasteiger partial charge in [0.25, 0.3) is 0 Å². The highest BCUT2D eigenvalue weighted by atomic mass is 35.5. The fourth-order valence-corrected chi connectivity index (χ4v) is 1.89. The molecule has 0 spiro atoms. The van der Waals surface area contributed by atoms with Gasteiger partial charge >= 0.3 is 0 Å². The number of hydrogen-bond donors (Lipinski definition) is 0. The quantitative estimate of drug-likeness (QED) is 0.608. The third-order valence-corrected chi connectivity index (χ3v) is 1.16. The van der Waals surface area contributed by atoms with Crippen molar-refractivity contribution in [2.45, 2.75) is 28.9 Å². The molecule has 0 aliphatic rings. The minimum Gasteiger partial charge on any atom is -0.102 e. The van der Waals surface area contributed by atoms with Crippen LogP contribution in [-0.2, 0) is 0 Å². The van der Waals surface area contributed by atoms with Crippen LogP contribution in [-0.4, -0.2) is 8.67 Å². The summed E-state index contributed by atoms with van der Waals surface area (Å²) in [4.78, 5) is 0. The van der Waals surface area contributed by atoms with E-state index in [0.29, 0.717) is 6.42 Å². The molecule has 0 saturated carbocycles. The summed E-state index contributed by atoms with van der Waals surface area (Å²) in [6.45, 7) is 3.30. The van der Waals surface area contributed by atoms with Gasteiger partial charge in [-0.05, 0) is 13.8 Å². The van der Waals surface area contributed by atoms with Gasteiger partial charge in [0, 0.05) is 6.42 Å². The standard InChI is InChI=1S/C5H8Cl4/c1-4(6,7)3-5(2,8)9/h3H2,1-2H3. The summed E-state index contributed by atoms with van der Waals surface area (Å²) < 4.78 is -1.67. The third kappa shape index (κ3) is 9.16. The molecule has 0 radical (unpaired) electrons. The zero-order chi connectivity index (χ0) is 7.71. The fourth-order valence-electron chi connectivity index (χ4n) is 0.545. The van der Waals surface area contributed by atoms with Crippen molar-refractivity contribution < 1.29 is 0 Å². The Labute approximate surface area is 75.4 Å². The van der Waals surface area contributed by atoms with Gasteiger partial charge in [-0.1, -0.05) is 0 Å². The van der Waals surface area contributed by atoms with Gasteiger partial charge in [-0.3, -0.25) is 0 Å². The predicted molar refractivity (Wildman–Crippen MR) is 44.8 cm³/mol. The second-order valence-corrected chi connectivity index (χ2v) is 6.04. The molecule has 0 saturated heterocycles. The minimum absolute atomic E-state index is 0.353. The second-order valence-electron chi connectivity index (χ2n) is 2.32. The molecule has 0 unspecified atom stereocenters. The van der Waals surface area contributed by atoms with Gasteiger partial charge in [-0.15, -0.1) is 46.4 Å². The summed E-state index contributed by atoms with van der Waals surface area (Å²) >= 11 is 22.5. The molecule has 56 valence electrons. The lowest BCUT2D eigenvalue weighted by molar-refractivity contribution is 0.691. The summed E-state index contributed by atoms with van der Waals surface area (Å²) in [5.41, 5.74) is 0. The first-order chi connectivity index (χ1) is 3.71. The Morgan fingerprint density at radius 1 is 0.889 bits per heavy atom. The van der Waals surface area contributed by atoms with Gasteiger partial charge in [0.1, 0.15) is 8.67 Å². The monoisotopic (exact) mass is 208 g/mol. The highest BCUT2D eigenvalue weighted by molar-refractivity contribution is 6.52. The van der Waals surface area contributed by atoms with E-state index in [-0.39, 0.29) is 0 Å². The maximum atomic E-state index is 5.61. The SMILES string of the molecule is CC(Cl)(Cl)CC(C)(Cl)Cl. The van der Waals surface area contributed by atoms with Crippen LogP contribution in [0.1, 0.15) is 20.3 Å². The molecule has 0 N–H and O–H groups in total. The average molecular weight is 210 g/mol. The molecule has 0 fully saturated rings. The van der Waals surface area contributed by atoms with Crippen molar-refractivity contribution in [3.63, 3.8) is 0 Å². The van der Waals surface area contributed by atoms with Crippen molar-refractivity contribution >= 4 is 46.4 Å². The first-order valence-corrected chi connectivity index (χ1v) is 3.97. The molecule has 0 aromatic rings. The van der Waals surface area contributed by atoms with E-state index in [2.05, 4.69) is 0 Å². The normalized spacial score (nSPS) is 14.0. The molecule has 0 rings (SSSR count). The number of alkyl halides is 4. The first kappa shape index (κ1) is 10.2. The number of rotatable bonds is 2. The van der Waals surface area contributed by atoms with Crippen LogP contribution in [0.25, 0.3) is 0 Å². The van der Waals surface area contributed by atoms with Crippen LogP contribution in [0.2, 0.25) is 0 Å². The Balaban J connectivity index is 3.75. The van der Waals surface area contributed by atoms with Gasteiger partial charge in [0.15, 0.2) is 0 Å². The summed E-state index contributed by atoms with van der Waals surface area (Å²) in [6, 6.07) is 0. The van der Waals surface area contributed by atoms with Crippen molar-refractivity contribution in [3.05, 3.63) is 0 Å². The van der Waals surface area contributed by atoms with E-state index in [1.165, 1.54) is 0 Å². The summed E-state index contributed by atoms with van der Waals surface area (Å²) in [6.07, 6.45) is 0.353. The molecule has 0 amide bonds. The Morgan fingerprint density at radius 2 is 1.11 bits per heavy atom. The maximum absolute atomic E-state index is 5.61. The van der Waals surface area contributed by atoms with Crippen LogP contribution in [0.4, 0.5) is 0 Å². The van der Waals surface area contributed by atoms with Crippen LogP contribution >= 0.6 is 46.4 Å². The van der Waals surface area contributed by atoms with E-state index in [0.717, 1.165) is 0 Å². The molecule has 0 aliphatic heterocycles. The first-order valence-electron chi connectivity index (χ1n) is 2.46. The van der Waals surface area contributed by atoms with E-state index in [4.69, 9.17) is 46.4 Å². The molecule has 9 heavy (non-hydrogen) atoms. The van der Waals surface area contributed by atoms with Gasteiger partial charge in [0.05, 0.1) is 0 Å². The van der Waals surface area contributed by atoms with E-state index in [9.17, 15) is 0 Å². The van der Waals surface area contributed by atoms with E-state index < -0.39 is 8.67 Å². The molecule has 4 heteroatoms. The molecular formula is C5H8Cl4. The lowest BCUT2D eigenvalue weighted by Crippen LogP contribution is -2.19. The molecule has 0 bridgehead atoms. The Morgan fingerprint density at radius 3 is 1.11 bits per heavy atom. The molecule has 0 heterocycles. The molecule has 0 atom stereocenters. The summed E-state index contributed by atoms with van der Waals surface area (Å²) in [5, 5.41) is 0. The lowest BCUT2D eigenvalue weighted by Gasteiger charge is -2.20. The van der Waals surface area contributed by atoms with Crippen LogP contribution in [0.15, 0.2) is 0 Å². The zero-order valence-electron chi connectivity index (χ0n) is 5.22. The predicted octanol–water partition coefficient (Wildman–Crippen LogP) is 3.76. The smallest absolute Gasteiger partial charge is 0.102 e. The maximum Gasteiger partial charge on any atom is 0.118 e. The fraction of sp³-hybridized carbons (Fsp3) is 1.00. The Bertz CT molecular complexity index is 74.1. The topological polar surface area (TPSA) is 0 Å². The van der Waals surface area contributed by atoms with Gasteiger partial charge < -0.3 is 0 Å². The van der Waals surface area contributed by atoms with Crippen molar-refractivity contribution in [2.75, 3.05) is 0 Å². The van der Waals surface area contributed by atoms with Crippen LogP contribution in [0.3, 0.4) is 0 Å². The van der Waals surface area contributed by atoms with E-state index in [1.807, 2.05) is 0 Å². The highest BCUT2D eigenvalue weighted by Gasteiger charge is 2.28. The molecule has 0 aromatic carbocycles. The van der Waals surface area contributed by atoms with Crippen molar-refractivity contribution in [3.8, 4) is 0 Å². The molecular weight excluding hydrogens is 202 g/mol. The van der Waals surface area contributed by atoms with E-state index >= 15 is 0 Å². The summed E-state index contributed by atoms with van der Waals surface area (Å²) in [7, 11) is 0. The van der Waals surface area contributed by atoms with Gasteiger partial charge in [0.2, 0.25) is 0 Å². The van der Waals surface area contributed by atoms with Crippen molar-refractivity contribution in [1.82, 2.24) is 0 Å². The summed E-state index contributed by atoms with van der Waals surface area (Å²) in [5.74, 6) is 0. The lowest BCUT2D eigenvalue weighted by atomic mass is 10.2. The van der Waals surface area contributed by atoms with Crippen LogP contribution < -0.4 is 0 Å². The largest absolute Gasteiger partial charge is 0.118 e. The Kier molecular flexibility index (Phi) is 3.43. The molecule has 0 aliphatic carbocycles. The third-order valence-electron chi connectivity index (χ3n) is 0.621. The molecule has 0 nitrogen and oxygen atoms in total. The highest BCUT2D eigenvalue weighted by Crippen LogP contribution is 2.36. The minimum atomic E-state index is -0.835. The average Bonchev–Trinajstić information content (AvgIpc) is 1.14. The second kappa shape index (κ2) is 3.04. The zero-order valence-corrected chi connectivity index (χ0v) is 8.24. The Hall–Kier alpha value is 1.16. The number of halogens is 4.